The zero-order chi connectivity index (χ0) is 17.4. The summed E-state index contributed by atoms with van der Waals surface area (Å²) in [6, 6.07) is 14.6. The molecular weight excluding hydrogens is 355 g/mol. The molecule has 1 aliphatic carbocycles. The normalized spacial score (nSPS) is 12.9. The molecule has 5 heteroatoms. The summed E-state index contributed by atoms with van der Waals surface area (Å²) in [4.78, 5) is 13.3. The number of imidazole rings is 1. The number of benzene rings is 2. The van der Waals surface area contributed by atoms with Gasteiger partial charge in [-0.25, -0.2) is 4.79 Å². The molecule has 1 heterocycles. The van der Waals surface area contributed by atoms with Gasteiger partial charge in [-0.2, -0.15) is 0 Å². The highest BCUT2D eigenvalue weighted by atomic mass is 35.5. The Balaban J connectivity index is 2.07. The smallest absolute Gasteiger partial charge is 0.260 e. The Bertz CT molecular complexity index is 992. The van der Waals surface area contributed by atoms with E-state index in [1.165, 1.54) is 0 Å². The molecule has 0 radical (unpaired) electrons. The Morgan fingerprint density at radius 1 is 0.760 bits per heavy atom. The highest BCUT2D eigenvalue weighted by Gasteiger charge is 2.20. The number of nitrogens with zero attached hydrogens (tertiary/aromatic N) is 2. The zero-order valence-electron chi connectivity index (χ0n) is 13.2. The first kappa shape index (κ1) is 16.0. The fraction of sp³-hybridized carbons (Fsp3) is 0.0500. The predicted octanol–water partition coefficient (Wildman–Crippen LogP) is 5.37. The van der Waals surface area contributed by atoms with Crippen molar-refractivity contribution in [3.63, 3.8) is 0 Å². The molecule has 0 unspecified atom stereocenters. The van der Waals surface area contributed by atoms with Crippen molar-refractivity contribution in [3.05, 3.63) is 92.6 Å². The fourth-order valence-corrected chi connectivity index (χ4v) is 3.39. The van der Waals surface area contributed by atoms with Crippen molar-refractivity contribution in [1.82, 2.24) is 9.13 Å². The van der Waals surface area contributed by atoms with Gasteiger partial charge in [0.1, 0.15) is 0 Å². The third kappa shape index (κ3) is 2.86. The SMILES string of the molecule is O=c1n(-c2cccc(Cl)c2)c2c(n1-c1cccc(Cl)c1)C=CCC=C2. The third-order valence-corrected chi connectivity index (χ3v) is 4.55. The van der Waals surface area contributed by atoms with Gasteiger partial charge >= 0.3 is 5.69 Å². The molecule has 3 aromatic rings. The molecule has 0 saturated carbocycles. The van der Waals surface area contributed by atoms with Crippen molar-refractivity contribution in [1.29, 1.82) is 0 Å². The molecule has 1 aliphatic rings. The second-order valence-electron chi connectivity index (χ2n) is 5.72. The second-order valence-corrected chi connectivity index (χ2v) is 6.60. The summed E-state index contributed by atoms with van der Waals surface area (Å²) in [5, 5.41) is 1.17. The first-order valence-corrected chi connectivity index (χ1v) is 8.63. The maximum Gasteiger partial charge on any atom is 0.338 e. The highest BCUT2D eigenvalue weighted by molar-refractivity contribution is 6.31. The quantitative estimate of drug-likeness (QED) is 0.597. The van der Waals surface area contributed by atoms with Crippen LogP contribution < -0.4 is 5.69 Å². The average Bonchev–Trinajstić information content (AvgIpc) is 2.72. The first-order chi connectivity index (χ1) is 12.1. The molecule has 1 aromatic heterocycles. The fourth-order valence-electron chi connectivity index (χ4n) is 3.02. The van der Waals surface area contributed by atoms with Gasteiger partial charge in [-0.1, -0.05) is 47.5 Å². The molecule has 0 fully saturated rings. The summed E-state index contributed by atoms with van der Waals surface area (Å²) in [7, 11) is 0. The van der Waals surface area contributed by atoms with Crippen molar-refractivity contribution in [3.8, 4) is 11.4 Å². The Morgan fingerprint density at radius 3 is 1.68 bits per heavy atom. The largest absolute Gasteiger partial charge is 0.338 e. The van der Waals surface area contributed by atoms with E-state index in [4.69, 9.17) is 23.2 Å². The molecule has 25 heavy (non-hydrogen) atoms. The number of hydrogen-bond acceptors (Lipinski definition) is 1. The van der Waals surface area contributed by atoms with Crippen molar-refractivity contribution < 1.29 is 0 Å². The molecule has 2 aromatic carbocycles. The lowest BCUT2D eigenvalue weighted by molar-refractivity contribution is 0.902. The maximum atomic E-state index is 13.3. The van der Waals surface area contributed by atoms with Crippen LogP contribution in [0, 0.1) is 0 Å². The summed E-state index contributed by atoms with van der Waals surface area (Å²) >= 11 is 12.3. The standard InChI is InChI=1S/C20H14Cl2N2O/c21-14-6-4-8-16(12-14)23-18-10-2-1-3-11-19(18)24(20(23)25)17-9-5-7-15(22)13-17/h2-13H,1H2. The lowest BCUT2D eigenvalue weighted by Crippen LogP contribution is -2.23. The van der Waals surface area contributed by atoms with E-state index >= 15 is 0 Å². The van der Waals surface area contributed by atoms with E-state index in [1.807, 2.05) is 48.6 Å². The van der Waals surface area contributed by atoms with Crippen molar-refractivity contribution in [2.24, 2.45) is 0 Å². The van der Waals surface area contributed by atoms with E-state index in [9.17, 15) is 4.79 Å². The van der Waals surface area contributed by atoms with Crippen molar-refractivity contribution in [2.75, 3.05) is 0 Å². The van der Waals surface area contributed by atoms with Crippen molar-refractivity contribution in [2.45, 2.75) is 6.42 Å². The van der Waals surface area contributed by atoms with Crippen LogP contribution in [0.15, 0.2) is 65.5 Å². The number of rotatable bonds is 2. The molecule has 4 rings (SSSR count). The van der Waals surface area contributed by atoms with Crippen LogP contribution in [-0.2, 0) is 0 Å². The summed E-state index contributed by atoms with van der Waals surface area (Å²) in [5.74, 6) is 0. The monoisotopic (exact) mass is 368 g/mol. The Hall–Kier alpha value is -2.49. The van der Waals surface area contributed by atoms with Gasteiger partial charge in [0.2, 0.25) is 0 Å². The van der Waals surface area contributed by atoms with Crippen LogP contribution in [0.4, 0.5) is 0 Å². The topological polar surface area (TPSA) is 26.9 Å². The van der Waals surface area contributed by atoms with Gasteiger partial charge in [0.05, 0.1) is 22.8 Å². The number of hydrogen-bond donors (Lipinski definition) is 0. The van der Waals surface area contributed by atoms with Gasteiger partial charge in [-0.3, -0.25) is 9.13 Å². The number of fused-ring (bicyclic) bond motifs is 1. The maximum absolute atomic E-state index is 13.3. The number of aromatic nitrogens is 2. The Labute approximate surface area is 155 Å². The summed E-state index contributed by atoms with van der Waals surface area (Å²) in [6.45, 7) is 0. The van der Waals surface area contributed by atoms with Gasteiger partial charge in [0.15, 0.2) is 0 Å². The molecule has 0 N–H and O–H groups in total. The lowest BCUT2D eigenvalue weighted by Gasteiger charge is -2.05. The van der Waals surface area contributed by atoms with Crippen molar-refractivity contribution >= 4 is 35.4 Å². The van der Waals surface area contributed by atoms with Crippen LogP contribution in [-0.4, -0.2) is 9.13 Å². The lowest BCUT2D eigenvalue weighted by atomic mass is 10.2. The summed E-state index contributed by atoms with van der Waals surface area (Å²) < 4.78 is 3.35. The van der Waals surface area contributed by atoms with Gasteiger partial charge in [-0.15, -0.1) is 0 Å². The van der Waals surface area contributed by atoms with E-state index in [1.54, 1.807) is 33.4 Å². The molecule has 124 valence electrons. The van der Waals surface area contributed by atoms with Crippen LogP contribution in [0.2, 0.25) is 10.0 Å². The molecule has 0 atom stereocenters. The van der Waals surface area contributed by atoms with E-state index in [0.717, 1.165) is 29.2 Å². The summed E-state index contributed by atoms with van der Waals surface area (Å²) in [6.07, 6.45) is 8.82. The van der Waals surface area contributed by atoms with E-state index in [0.29, 0.717) is 10.0 Å². The summed E-state index contributed by atoms with van der Waals surface area (Å²) in [5.41, 5.74) is 2.94. The molecule has 0 amide bonds. The number of allylic oxidation sites excluding steroid dienone is 2. The molecule has 0 bridgehead atoms. The molecule has 0 saturated heterocycles. The van der Waals surface area contributed by atoms with Crippen LogP contribution >= 0.6 is 23.2 Å². The Kier molecular flexibility index (Phi) is 4.12. The third-order valence-electron chi connectivity index (χ3n) is 4.08. The van der Waals surface area contributed by atoms with Crippen LogP contribution in [0.3, 0.4) is 0 Å². The van der Waals surface area contributed by atoms with Gasteiger partial charge in [0, 0.05) is 10.0 Å². The van der Waals surface area contributed by atoms with E-state index < -0.39 is 0 Å². The Morgan fingerprint density at radius 2 is 1.24 bits per heavy atom. The van der Waals surface area contributed by atoms with Gasteiger partial charge < -0.3 is 0 Å². The molecule has 3 nitrogen and oxygen atoms in total. The molecule has 0 spiro atoms. The predicted molar refractivity (Wildman–Crippen MR) is 104 cm³/mol. The first-order valence-electron chi connectivity index (χ1n) is 7.88. The number of halogens is 2. The van der Waals surface area contributed by atoms with E-state index in [2.05, 4.69) is 0 Å². The van der Waals surface area contributed by atoms with Crippen LogP contribution in [0.1, 0.15) is 17.8 Å². The van der Waals surface area contributed by atoms with Crippen LogP contribution in [0.5, 0.6) is 0 Å². The van der Waals surface area contributed by atoms with Crippen LogP contribution in [0.25, 0.3) is 23.5 Å². The molecular formula is C20H14Cl2N2O. The molecule has 0 aliphatic heterocycles. The minimum Gasteiger partial charge on any atom is -0.260 e. The van der Waals surface area contributed by atoms with Gasteiger partial charge in [0.25, 0.3) is 0 Å². The zero-order valence-corrected chi connectivity index (χ0v) is 14.7. The second kappa shape index (κ2) is 6.43. The average molecular weight is 369 g/mol. The highest BCUT2D eigenvalue weighted by Crippen LogP contribution is 2.25. The van der Waals surface area contributed by atoms with E-state index in [-0.39, 0.29) is 5.69 Å². The minimum atomic E-state index is -0.161. The minimum absolute atomic E-state index is 0.161. The van der Waals surface area contributed by atoms with Gasteiger partial charge in [-0.05, 0) is 55.0 Å².